The third-order valence-corrected chi connectivity index (χ3v) is 6.08. The minimum absolute atomic E-state index is 0.0456. The number of carbonyl (C=O) groups is 2. The van der Waals surface area contributed by atoms with Gasteiger partial charge in [0.1, 0.15) is 18.1 Å². The lowest BCUT2D eigenvalue weighted by atomic mass is 9.95. The van der Waals surface area contributed by atoms with Crippen LogP contribution in [-0.4, -0.2) is 73.6 Å². The average molecular weight is 523 g/mol. The van der Waals surface area contributed by atoms with Gasteiger partial charge in [0.25, 0.3) is 11.7 Å². The minimum Gasteiger partial charge on any atom is -0.507 e. The number of aliphatic hydroxyl groups excluding tert-OH is 1. The van der Waals surface area contributed by atoms with Crippen LogP contribution in [0.3, 0.4) is 0 Å². The van der Waals surface area contributed by atoms with Crippen LogP contribution in [0.4, 0.5) is 0 Å². The van der Waals surface area contributed by atoms with Gasteiger partial charge in [-0.25, -0.2) is 0 Å². The number of aliphatic hydroxyl groups is 1. The summed E-state index contributed by atoms with van der Waals surface area (Å²) < 4.78 is 17.2. The van der Waals surface area contributed by atoms with E-state index in [0.29, 0.717) is 61.2 Å². The first-order chi connectivity index (χ1) is 18.3. The van der Waals surface area contributed by atoms with Crippen LogP contribution in [0.2, 0.25) is 0 Å². The second-order valence-corrected chi connectivity index (χ2v) is 9.26. The monoisotopic (exact) mass is 522 g/mol. The van der Waals surface area contributed by atoms with E-state index in [1.54, 1.807) is 48.5 Å². The van der Waals surface area contributed by atoms with Gasteiger partial charge >= 0.3 is 0 Å². The molecule has 0 aromatic heterocycles. The predicted molar refractivity (Wildman–Crippen MR) is 148 cm³/mol. The summed E-state index contributed by atoms with van der Waals surface area (Å²) in [5.74, 6) is 0.110. The lowest BCUT2D eigenvalue weighted by Crippen LogP contribution is -2.32. The molecule has 1 aliphatic heterocycles. The summed E-state index contributed by atoms with van der Waals surface area (Å²) in [5, 5.41) is 11.3. The van der Waals surface area contributed by atoms with Crippen LogP contribution in [0.1, 0.15) is 43.9 Å². The molecule has 3 rings (SSSR count). The number of rotatable bonds is 14. The van der Waals surface area contributed by atoms with Crippen LogP contribution in [0.5, 0.6) is 17.2 Å². The maximum absolute atomic E-state index is 13.3. The molecule has 0 saturated carbocycles. The Labute approximate surface area is 225 Å². The summed E-state index contributed by atoms with van der Waals surface area (Å²) in [7, 11) is 3.91. The standard InChI is InChI=1S/C30H38N2O6/c1-6-18-37-23-13-10-21(11-14-23)28(33)26-27(32(30(35)29(26)34)17-9-16-31(4)5)22-12-15-24(38-19-7-2)25(20-22)36-8-3/h7,10-15,20,27,33H,2,6,8-9,16-19H2,1,3-5H3/b28-26+. The lowest BCUT2D eigenvalue weighted by molar-refractivity contribution is -0.139. The molecular weight excluding hydrogens is 484 g/mol. The molecule has 204 valence electrons. The second-order valence-electron chi connectivity index (χ2n) is 9.26. The molecule has 1 atom stereocenters. The first-order valence-corrected chi connectivity index (χ1v) is 13.0. The Morgan fingerprint density at radius 3 is 2.42 bits per heavy atom. The highest BCUT2D eigenvalue weighted by atomic mass is 16.5. The van der Waals surface area contributed by atoms with Crippen molar-refractivity contribution in [2.75, 3.05) is 47.0 Å². The van der Waals surface area contributed by atoms with Gasteiger partial charge in [-0.05, 0) is 82.4 Å². The summed E-state index contributed by atoms with van der Waals surface area (Å²) in [6.45, 7) is 9.96. The Kier molecular flexibility index (Phi) is 10.4. The van der Waals surface area contributed by atoms with Crippen molar-refractivity contribution in [2.45, 2.75) is 32.7 Å². The SMILES string of the molecule is C=CCOc1ccc(C2/C(=C(\O)c3ccc(OCCC)cc3)C(=O)C(=O)N2CCCN(C)C)cc1OCC. The third kappa shape index (κ3) is 6.75. The highest BCUT2D eigenvalue weighted by Gasteiger charge is 2.46. The highest BCUT2D eigenvalue weighted by Crippen LogP contribution is 2.42. The van der Waals surface area contributed by atoms with Crippen molar-refractivity contribution in [3.63, 3.8) is 0 Å². The summed E-state index contributed by atoms with van der Waals surface area (Å²) in [6.07, 6.45) is 3.18. The molecule has 8 nitrogen and oxygen atoms in total. The van der Waals surface area contributed by atoms with Crippen molar-refractivity contribution in [3.8, 4) is 17.2 Å². The number of ether oxygens (including phenoxy) is 3. The van der Waals surface area contributed by atoms with Crippen LogP contribution in [0.25, 0.3) is 5.76 Å². The zero-order chi connectivity index (χ0) is 27.7. The number of likely N-dealkylation sites (tertiary alicyclic amines) is 1. The van der Waals surface area contributed by atoms with E-state index in [-0.39, 0.29) is 11.3 Å². The van der Waals surface area contributed by atoms with Crippen LogP contribution in [0, 0.1) is 0 Å². The number of hydrogen-bond acceptors (Lipinski definition) is 7. The van der Waals surface area contributed by atoms with Crippen molar-refractivity contribution < 1.29 is 28.9 Å². The zero-order valence-corrected chi connectivity index (χ0v) is 22.7. The molecule has 0 radical (unpaired) electrons. The molecule has 2 aromatic rings. The number of amides is 1. The van der Waals surface area contributed by atoms with E-state index in [0.717, 1.165) is 13.0 Å². The number of hydrogen-bond donors (Lipinski definition) is 1. The van der Waals surface area contributed by atoms with Crippen molar-refractivity contribution in [2.24, 2.45) is 0 Å². The van der Waals surface area contributed by atoms with Crippen LogP contribution in [-0.2, 0) is 9.59 Å². The van der Waals surface area contributed by atoms with Gasteiger partial charge in [0, 0.05) is 12.1 Å². The fourth-order valence-electron chi connectivity index (χ4n) is 4.33. The van der Waals surface area contributed by atoms with Gasteiger partial charge in [-0.15, -0.1) is 0 Å². The number of nitrogens with zero attached hydrogens (tertiary/aromatic N) is 2. The molecule has 1 aliphatic rings. The molecule has 1 fully saturated rings. The number of benzene rings is 2. The van der Waals surface area contributed by atoms with E-state index in [9.17, 15) is 14.7 Å². The topological polar surface area (TPSA) is 88.5 Å². The van der Waals surface area contributed by atoms with Gasteiger partial charge in [0.2, 0.25) is 0 Å². The van der Waals surface area contributed by atoms with Gasteiger partial charge < -0.3 is 29.1 Å². The Hall–Kier alpha value is -3.78. The minimum atomic E-state index is -0.777. The molecule has 38 heavy (non-hydrogen) atoms. The van der Waals surface area contributed by atoms with E-state index in [4.69, 9.17) is 14.2 Å². The van der Waals surface area contributed by atoms with E-state index < -0.39 is 17.7 Å². The largest absolute Gasteiger partial charge is 0.507 e. The van der Waals surface area contributed by atoms with Gasteiger partial charge in [-0.2, -0.15) is 0 Å². The fourth-order valence-corrected chi connectivity index (χ4v) is 4.33. The first-order valence-electron chi connectivity index (χ1n) is 13.0. The molecule has 1 N–H and O–H groups in total. The molecule has 1 heterocycles. The Morgan fingerprint density at radius 2 is 1.79 bits per heavy atom. The van der Waals surface area contributed by atoms with Gasteiger partial charge in [-0.3, -0.25) is 9.59 Å². The maximum Gasteiger partial charge on any atom is 0.295 e. The fraction of sp³-hybridized carbons (Fsp3) is 0.400. The van der Waals surface area contributed by atoms with Crippen LogP contribution in [0.15, 0.2) is 60.7 Å². The van der Waals surface area contributed by atoms with E-state index in [1.807, 2.05) is 32.8 Å². The zero-order valence-electron chi connectivity index (χ0n) is 22.7. The molecule has 0 bridgehead atoms. The molecule has 8 heteroatoms. The smallest absolute Gasteiger partial charge is 0.295 e. The van der Waals surface area contributed by atoms with Crippen LogP contribution >= 0.6 is 0 Å². The lowest BCUT2D eigenvalue weighted by Gasteiger charge is -2.26. The maximum atomic E-state index is 13.3. The Balaban J connectivity index is 2.09. The quantitative estimate of drug-likeness (QED) is 0.165. The highest BCUT2D eigenvalue weighted by molar-refractivity contribution is 6.46. The summed E-state index contributed by atoms with van der Waals surface area (Å²) in [4.78, 5) is 30.1. The van der Waals surface area contributed by atoms with Crippen molar-refractivity contribution in [1.82, 2.24) is 9.80 Å². The first kappa shape index (κ1) is 28.8. The second kappa shape index (κ2) is 13.7. The molecular formula is C30H38N2O6. The number of Topliss-reactive ketones (excluding diaryl/α,β-unsaturated/α-hetero) is 1. The third-order valence-electron chi connectivity index (χ3n) is 6.08. The van der Waals surface area contributed by atoms with E-state index in [2.05, 4.69) is 6.58 Å². The predicted octanol–water partition coefficient (Wildman–Crippen LogP) is 4.81. The van der Waals surface area contributed by atoms with Crippen molar-refractivity contribution in [1.29, 1.82) is 0 Å². The molecule has 2 aromatic carbocycles. The van der Waals surface area contributed by atoms with Crippen LogP contribution < -0.4 is 14.2 Å². The number of carbonyl (C=O) groups excluding carboxylic acids is 2. The average Bonchev–Trinajstić information content (AvgIpc) is 3.16. The summed E-state index contributed by atoms with van der Waals surface area (Å²) >= 11 is 0. The van der Waals surface area contributed by atoms with Crippen molar-refractivity contribution >= 4 is 17.4 Å². The van der Waals surface area contributed by atoms with E-state index in [1.165, 1.54) is 4.90 Å². The van der Waals surface area contributed by atoms with Crippen molar-refractivity contribution in [3.05, 3.63) is 71.8 Å². The normalized spacial score (nSPS) is 16.7. The van der Waals surface area contributed by atoms with E-state index >= 15 is 0 Å². The molecule has 1 amide bonds. The Morgan fingerprint density at radius 1 is 1.05 bits per heavy atom. The molecule has 1 unspecified atom stereocenters. The number of ketones is 1. The van der Waals surface area contributed by atoms with Gasteiger partial charge in [0.15, 0.2) is 11.5 Å². The van der Waals surface area contributed by atoms with Gasteiger partial charge in [-0.1, -0.05) is 25.6 Å². The molecule has 0 aliphatic carbocycles. The summed E-state index contributed by atoms with van der Waals surface area (Å²) in [6, 6.07) is 11.4. The Bertz CT molecular complexity index is 1160. The summed E-state index contributed by atoms with van der Waals surface area (Å²) in [5.41, 5.74) is 1.12. The molecule has 1 saturated heterocycles. The molecule has 0 spiro atoms. The van der Waals surface area contributed by atoms with Gasteiger partial charge in [0.05, 0.1) is 24.8 Å².